The summed E-state index contributed by atoms with van der Waals surface area (Å²) in [5.41, 5.74) is 0.910. The Bertz CT molecular complexity index is 763. The molecule has 7 nitrogen and oxygen atoms in total. The van der Waals surface area contributed by atoms with Gasteiger partial charge in [0.2, 0.25) is 12.7 Å². The first kappa shape index (κ1) is 17.8. The summed E-state index contributed by atoms with van der Waals surface area (Å²) in [6.07, 6.45) is 5.67. The normalized spacial score (nSPS) is 27.3. The highest BCUT2D eigenvalue weighted by Crippen LogP contribution is 2.41. The molecule has 29 heavy (non-hydrogen) atoms. The van der Waals surface area contributed by atoms with Crippen molar-refractivity contribution in [1.82, 2.24) is 10.2 Å². The Morgan fingerprint density at radius 2 is 2.00 bits per heavy atom. The topological polar surface area (TPSA) is 63.3 Å². The number of methoxy groups -OCH3 is 1. The number of rotatable bonds is 7. The Hall–Kier alpha value is -1.99. The molecule has 0 unspecified atom stereocenters. The lowest BCUT2D eigenvalue weighted by molar-refractivity contribution is -0.125. The SMILES string of the molecule is [2H]C1([2H])Oc2cccc(N3CCN(CCC4CCC(NC(=O)COC)CC4)CC3)c2O1. The second kappa shape index (κ2) is 9.67. The van der Waals surface area contributed by atoms with Crippen molar-refractivity contribution in [2.24, 2.45) is 5.92 Å². The first-order valence-electron chi connectivity index (χ1n) is 11.7. The molecule has 0 radical (unpaired) electrons. The number of nitrogens with zero attached hydrogens (tertiary/aromatic N) is 2. The number of carbonyl (C=O) groups excluding carboxylic acids is 1. The van der Waals surface area contributed by atoms with Crippen LogP contribution in [-0.4, -0.2) is 70.0 Å². The number of amides is 1. The van der Waals surface area contributed by atoms with E-state index in [1.165, 1.54) is 19.3 Å². The Labute approximate surface area is 176 Å². The molecule has 0 aromatic heterocycles. The number of piperazine rings is 1. The predicted octanol–water partition coefficient (Wildman–Crippen LogP) is 2.25. The van der Waals surface area contributed by atoms with E-state index in [2.05, 4.69) is 15.1 Å². The summed E-state index contributed by atoms with van der Waals surface area (Å²) < 4.78 is 30.9. The summed E-state index contributed by atoms with van der Waals surface area (Å²) in [5, 5.41) is 3.07. The summed E-state index contributed by atoms with van der Waals surface area (Å²) in [6, 6.07) is 5.91. The van der Waals surface area contributed by atoms with Crippen LogP contribution in [0.1, 0.15) is 34.8 Å². The number of benzene rings is 1. The summed E-state index contributed by atoms with van der Waals surface area (Å²) in [4.78, 5) is 16.4. The van der Waals surface area contributed by atoms with E-state index in [9.17, 15) is 4.79 Å². The molecule has 0 bridgehead atoms. The summed E-state index contributed by atoms with van der Waals surface area (Å²) in [7, 11) is 1.55. The van der Waals surface area contributed by atoms with Crippen LogP contribution in [0.3, 0.4) is 0 Å². The minimum Gasteiger partial charge on any atom is -0.454 e. The van der Waals surface area contributed by atoms with Crippen LogP contribution in [0.2, 0.25) is 0 Å². The number of hydrogen-bond donors (Lipinski definition) is 1. The van der Waals surface area contributed by atoms with E-state index in [4.69, 9.17) is 17.0 Å². The molecule has 3 aliphatic rings. The number of ether oxygens (including phenoxy) is 3. The van der Waals surface area contributed by atoms with Crippen LogP contribution in [0, 0.1) is 5.92 Å². The van der Waals surface area contributed by atoms with Crippen LogP contribution in [-0.2, 0) is 9.53 Å². The van der Waals surface area contributed by atoms with Gasteiger partial charge in [-0.2, -0.15) is 0 Å². The number of nitrogens with one attached hydrogen (secondary N) is 1. The lowest BCUT2D eigenvalue weighted by atomic mass is 9.84. The molecule has 1 amide bonds. The maximum absolute atomic E-state index is 11.7. The highest BCUT2D eigenvalue weighted by molar-refractivity contribution is 5.77. The molecule has 7 heteroatoms. The highest BCUT2D eigenvalue weighted by atomic mass is 16.7. The first-order valence-corrected chi connectivity index (χ1v) is 10.7. The third kappa shape index (κ3) is 5.14. The fourth-order valence-electron chi connectivity index (χ4n) is 4.62. The smallest absolute Gasteiger partial charge is 0.246 e. The van der Waals surface area contributed by atoms with Gasteiger partial charge in [0.25, 0.3) is 0 Å². The molecule has 0 atom stereocenters. The zero-order chi connectivity index (χ0) is 21.8. The van der Waals surface area contributed by atoms with Crippen molar-refractivity contribution in [3.05, 3.63) is 18.2 Å². The fraction of sp³-hybridized carbons (Fsp3) is 0.682. The van der Waals surface area contributed by atoms with E-state index in [1.54, 1.807) is 13.2 Å². The van der Waals surface area contributed by atoms with Gasteiger partial charge >= 0.3 is 0 Å². The first-order chi connectivity index (χ1) is 14.9. The fourth-order valence-corrected chi connectivity index (χ4v) is 4.62. The molecule has 1 aromatic carbocycles. The van der Waals surface area contributed by atoms with Crippen molar-refractivity contribution in [1.29, 1.82) is 0 Å². The van der Waals surface area contributed by atoms with Crippen molar-refractivity contribution < 1.29 is 21.7 Å². The predicted molar refractivity (Wildman–Crippen MR) is 112 cm³/mol. The van der Waals surface area contributed by atoms with Gasteiger partial charge < -0.3 is 24.4 Å². The molecule has 2 fully saturated rings. The van der Waals surface area contributed by atoms with E-state index >= 15 is 0 Å². The molecule has 1 N–H and O–H groups in total. The third-order valence-corrected chi connectivity index (χ3v) is 6.31. The van der Waals surface area contributed by atoms with Gasteiger partial charge in [0.05, 0.1) is 5.69 Å². The van der Waals surface area contributed by atoms with E-state index < -0.39 is 6.75 Å². The Morgan fingerprint density at radius 1 is 1.21 bits per heavy atom. The molecule has 1 saturated carbocycles. The van der Waals surface area contributed by atoms with Crippen LogP contribution in [0.4, 0.5) is 5.69 Å². The van der Waals surface area contributed by atoms with Gasteiger partial charge in [0, 0.05) is 39.3 Å². The van der Waals surface area contributed by atoms with E-state index in [-0.39, 0.29) is 12.5 Å². The van der Waals surface area contributed by atoms with Crippen molar-refractivity contribution in [2.45, 2.75) is 38.1 Å². The van der Waals surface area contributed by atoms with Crippen LogP contribution in [0.5, 0.6) is 11.5 Å². The van der Waals surface area contributed by atoms with Crippen LogP contribution >= 0.6 is 0 Å². The van der Waals surface area contributed by atoms with Gasteiger partial charge in [-0.25, -0.2) is 0 Å². The summed E-state index contributed by atoms with van der Waals surface area (Å²) in [6.45, 7) is 2.91. The van der Waals surface area contributed by atoms with Crippen molar-refractivity contribution in [2.75, 3.05) is 58.1 Å². The highest BCUT2D eigenvalue weighted by Gasteiger charge is 2.26. The average molecular weight is 406 g/mol. The van der Waals surface area contributed by atoms with Gasteiger partial charge in [-0.15, -0.1) is 0 Å². The van der Waals surface area contributed by atoms with Gasteiger partial charge in [-0.05, 0) is 56.7 Å². The molecule has 0 spiro atoms. The van der Waals surface area contributed by atoms with Crippen LogP contribution in [0.25, 0.3) is 0 Å². The number of fused-ring (bicyclic) bond motifs is 1. The molecule has 2 heterocycles. The van der Waals surface area contributed by atoms with Crippen molar-refractivity contribution in [3.8, 4) is 11.5 Å². The number of hydrogen-bond acceptors (Lipinski definition) is 6. The Balaban J connectivity index is 1.19. The van der Waals surface area contributed by atoms with E-state index in [0.29, 0.717) is 17.5 Å². The van der Waals surface area contributed by atoms with E-state index in [0.717, 1.165) is 57.2 Å². The minimum absolute atomic E-state index is 0.0130. The van der Waals surface area contributed by atoms with Crippen LogP contribution < -0.4 is 19.7 Å². The van der Waals surface area contributed by atoms with E-state index in [1.807, 2.05) is 12.1 Å². The van der Waals surface area contributed by atoms with Gasteiger partial charge in [-0.1, -0.05) is 6.07 Å². The van der Waals surface area contributed by atoms with Gasteiger partial charge in [-0.3, -0.25) is 9.69 Å². The molecule has 1 aromatic rings. The molecular formula is C22H33N3O4. The summed E-state index contributed by atoms with van der Waals surface area (Å²) in [5.74, 6) is 1.70. The quantitative estimate of drug-likeness (QED) is 0.751. The lowest BCUT2D eigenvalue weighted by Gasteiger charge is -2.37. The van der Waals surface area contributed by atoms with Crippen molar-refractivity contribution in [3.63, 3.8) is 0 Å². The average Bonchev–Trinajstić information content (AvgIpc) is 3.07. The summed E-state index contributed by atoms with van der Waals surface area (Å²) >= 11 is 0. The second-order valence-electron chi connectivity index (χ2n) is 8.23. The molecule has 4 rings (SSSR count). The second-order valence-corrected chi connectivity index (χ2v) is 8.23. The lowest BCUT2D eigenvalue weighted by Crippen LogP contribution is -2.47. The zero-order valence-corrected chi connectivity index (χ0v) is 17.2. The standard InChI is InChI=1S/C22H33N3O4/c1-27-15-21(26)23-18-7-5-17(6-8-18)9-10-24-11-13-25(14-12-24)19-3-2-4-20-22(19)29-16-28-20/h2-4,17-18H,5-16H2,1H3,(H,23,26)/i16D2. The monoisotopic (exact) mass is 405 g/mol. The third-order valence-electron chi connectivity index (χ3n) is 6.31. The number of para-hydroxylation sites is 1. The maximum Gasteiger partial charge on any atom is 0.246 e. The molecular weight excluding hydrogens is 370 g/mol. The van der Waals surface area contributed by atoms with Crippen LogP contribution in [0.15, 0.2) is 18.2 Å². The molecule has 1 aliphatic carbocycles. The van der Waals surface area contributed by atoms with Crippen molar-refractivity contribution >= 4 is 11.6 Å². The van der Waals surface area contributed by atoms with Gasteiger partial charge in [0.1, 0.15) is 9.35 Å². The molecule has 2 aliphatic heterocycles. The minimum atomic E-state index is -2.09. The molecule has 160 valence electrons. The number of anilines is 1. The Morgan fingerprint density at radius 3 is 2.76 bits per heavy atom. The largest absolute Gasteiger partial charge is 0.454 e. The number of carbonyl (C=O) groups is 1. The molecule has 1 saturated heterocycles. The zero-order valence-electron chi connectivity index (χ0n) is 19.2. The Kier molecular flexibility index (Phi) is 5.95. The maximum atomic E-state index is 11.7. The van der Waals surface area contributed by atoms with Gasteiger partial charge in [0.15, 0.2) is 11.5 Å².